The monoisotopic (exact) mass is 428 g/mol. The van der Waals surface area contributed by atoms with Crippen LogP contribution in [0.25, 0.3) is 0 Å². The minimum absolute atomic E-state index is 0.0113. The van der Waals surface area contributed by atoms with Crippen molar-refractivity contribution in [2.45, 2.75) is 52.6 Å². The van der Waals surface area contributed by atoms with E-state index in [4.69, 9.17) is 4.74 Å². The number of nitrogens with zero attached hydrogens (tertiary/aromatic N) is 2. The smallest absolute Gasteiger partial charge is 0.242 e. The molecule has 0 spiro atoms. The van der Waals surface area contributed by atoms with Gasteiger partial charge >= 0.3 is 0 Å². The Bertz CT molecular complexity index is 849. The number of carbonyl (C=O) groups excluding carboxylic acids is 2. The largest absolute Gasteiger partial charge is 0.491 e. The Balaban J connectivity index is 1.79. The molecule has 2 amide bonds. The molecule has 2 atom stereocenters. The van der Waals surface area contributed by atoms with E-state index in [9.17, 15) is 9.59 Å². The summed E-state index contributed by atoms with van der Waals surface area (Å²) in [5.41, 5.74) is 1.17. The van der Waals surface area contributed by atoms with E-state index in [0.29, 0.717) is 13.2 Å². The molecule has 0 saturated heterocycles. The first-order valence-corrected chi connectivity index (χ1v) is 11.6. The van der Waals surface area contributed by atoms with E-state index in [-0.39, 0.29) is 36.4 Å². The third-order valence-corrected chi connectivity index (χ3v) is 6.77. The average Bonchev–Trinajstić information content (AvgIpc) is 3.24. The normalized spacial score (nSPS) is 16.8. The molecule has 1 aliphatic rings. The maximum atomic E-state index is 13.4. The summed E-state index contributed by atoms with van der Waals surface area (Å²) in [5.74, 6) is 0.683. The molecule has 0 aliphatic carbocycles. The van der Waals surface area contributed by atoms with Crippen LogP contribution in [0.15, 0.2) is 41.8 Å². The Morgan fingerprint density at radius 3 is 2.60 bits per heavy atom. The molecule has 5 nitrogen and oxygen atoms in total. The molecule has 2 aromatic rings. The highest BCUT2D eigenvalue weighted by molar-refractivity contribution is 7.10. The second kappa shape index (κ2) is 10.1. The molecule has 1 aromatic carbocycles. The molecule has 0 radical (unpaired) electrons. The zero-order chi connectivity index (χ0) is 21.7. The van der Waals surface area contributed by atoms with E-state index >= 15 is 0 Å². The van der Waals surface area contributed by atoms with Crippen LogP contribution < -0.4 is 4.74 Å². The van der Waals surface area contributed by atoms with Crippen LogP contribution in [0.3, 0.4) is 0 Å². The maximum Gasteiger partial charge on any atom is 0.242 e. The predicted molar refractivity (Wildman–Crippen MR) is 121 cm³/mol. The molecule has 0 bridgehead atoms. The highest BCUT2D eigenvalue weighted by Gasteiger charge is 2.34. The Hall–Kier alpha value is -2.34. The Morgan fingerprint density at radius 1 is 1.20 bits per heavy atom. The summed E-state index contributed by atoms with van der Waals surface area (Å²) in [4.78, 5) is 31.1. The predicted octanol–water partition coefficient (Wildman–Crippen LogP) is 4.54. The van der Waals surface area contributed by atoms with Crippen LogP contribution in [0.2, 0.25) is 0 Å². The molecule has 1 aromatic heterocycles. The summed E-state index contributed by atoms with van der Waals surface area (Å²) < 4.78 is 6.04. The van der Waals surface area contributed by atoms with Crippen molar-refractivity contribution in [3.05, 3.63) is 52.2 Å². The summed E-state index contributed by atoms with van der Waals surface area (Å²) in [6, 6.07) is 11.7. The summed E-state index contributed by atoms with van der Waals surface area (Å²) in [6.07, 6.45) is 1.67. The molecular formula is C24H32N2O3S. The lowest BCUT2D eigenvalue weighted by atomic mass is 10.00. The van der Waals surface area contributed by atoms with Gasteiger partial charge in [0.05, 0.1) is 6.04 Å². The van der Waals surface area contributed by atoms with Gasteiger partial charge in [-0.1, -0.05) is 39.0 Å². The number of fused-ring (bicyclic) bond motifs is 1. The molecule has 30 heavy (non-hydrogen) atoms. The minimum atomic E-state index is -0.138. The number of benzene rings is 1. The van der Waals surface area contributed by atoms with E-state index in [1.807, 2.05) is 62.9 Å². The standard InChI is InChI=1S/C24H32N2O3S/c1-5-18(4)26(24(28)17(2)3)15-23(27)25-13-11-22-20(12-14-30-22)21(25)16-29-19-9-7-6-8-10-19/h6-10,12,14,17-18,21H,5,11,13,15-16H2,1-4H3/t18-,21+/m0/s1. The summed E-state index contributed by atoms with van der Waals surface area (Å²) >= 11 is 1.74. The molecule has 0 unspecified atom stereocenters. The third-order valence-electron chi connectivity index (χ3n) is 5.77. The fourth-order valence-electron chi connectivity index (χ4n) is 3.81. The van der Waals surface area contributed by atoms with Crippen LogP contribution >= 0.6 is 11.3 Å². The number of hydrogen-bond acceptors (Lipinski definition) is 4. The van der Waals surface area contributed by atoms with Gasteiger partial charge in [-0.3, -0.25) is 9.59 Å². The highest BCUT2D eigenvalue weighted by Crippen LogP contribution is 2.34. The lowest BCUT2D eigenvalue weighted by molar-refractivity contribution is -0.146. The number of hydrogen-bond donors (Lipinski definition) is 0. The quantitative estimate of drug-likeness (QED) is 0.620. The fourth-order valence-corrected chi connectivity index (χ4v) is 4.73. The third kappa shape index (κ3) is 5.04. The van der Waals surface area contributed by atoms with Crippen LogP contribution in [0, 0.1) is 5.92 Å². The molecule has 1 aliphatic heterocycles. The zero-order valence-electron chi connectivity index (χ0n) is 18.3. The van der Waals surface area contributed by atoms with Gasteiger partial charge in [-0.15, -0.1) is 11.3 Å². The van der Waals surface area contributed by atoms with Gasteiger partial charge in [-0.05, 0) is 48.9 Å². The number of rotatable bonds is 8. The van der Waals surface area contributed by atoms with Crippen molar-refractivity contribution in [2.24, 2.45) is 5.92 Å². The van der Waals surface area contributed by atoms with Crippen molar-refractivity contribution in [1.82, 2.24) is 9.80 Å². The van der Waals surface area contributed by atoms with Gasteiger partial charge in [0.15, 0.2) is 0 Å². The second-order valence-corrected chi connectivity index (χ2v) is 9.15. The van der Waals surface area contributed by atoms with Gasteiger partial charge in [-0.2, -0.15) is 0 Å². The Labute approximate surface area is 183 Å². The Kier molecular flexibility index (Phi) is 7.53. The SMILES string of the molecule is CC[C@H](C)N(CC(=O)N1CCc2sccc2[C@H]1COc1ccccc1)C(=O)C(C)C. The van der Waals surface area contributed by atoms with Crippen LogP contribution in [0.1, 0.15) is 50.6 Å². The number of thiophene rings is 1. The van der Waals surface area contributed by atoms with Gasteiger partial charge in [0.1, 0.15) is 18.9 Å². The first-order chi connectivity index (χ1) is 14.4. The average molecular weight is 429 g/mol. The molecular weight excluding hydrogens is 396 g/mol. The van der Waals surface area contributed by atoms with Crippen molar-refractivity contribution in [2.75, 3.05) is 19.7 Å². The fraction of sp³-hybridized carbons (Fsp3) is 0.500. The van der Waals surface area contributed by atoms with Gasteiger partial charge in [0.25, 0.3) is 0 Å². The van der Waals surface area contributed by atoms with E-state index in [1.165, 1.54) is 10.4 Å². The van der Waals surface area contributed by atoms with Crippen LogP contribution in [-0.4, -0.2) is 47.4 Å². The summed E-state index contributed by atoms with van der Waals surface area (Å²) in [5, 5.41) is 2.09. The van der Waals surface area contributed by atoms with Gasteiger partial charge < -0.3 is 14.5 Å². The highest BCUT2D eigenvalue weighted by atomic mass is 32.1. The lowest BCUT2D eigenvalue weighted by Crippen LogP contribution is -2.50. The molecule has 2 heterocycles. The van der Waals surface area contributed by atoms with E-state index in [2.05, 4.69) is 11.4 Å². The van der Waals surface area contributed by atoms with Gasteiger partial charge in [0.2, 0.25) is 11.8 Å². The van der Waals surface area contributed by atoms with Crippen molar-refractivity contribution < 1.29 is 14.3 Å². The first-order valence-electron chi connectivity index (χ1n) is 10.8. The van der Waals surface area contributed by atoms with Crippen molar-refractivity contribution in [1.29, 1.82) is 0 Å². The van der Waals surface area contributed by atoms with Crippen molar-refractivity contribution in [3.8, 4) is 5.75 Å². The van der Waals surface area contributed by atoms with Crippen molar-refractivity contribution >= 4 is 23.2 Å². The molecule has 0 saturated carbocycles. The Morgan fingerprint density at radius 2 is 1.93 bits per heavy atom. The van der Waals surface area contributed by atoms with E-state index in [0.717, 1.165) is 18.6 Å². The number of ether oxygens (including phenoxy) is 1. The maximum absolute atomic E-state index is 13.4. The molecule has 0 N–H and O–H groups in total. The summed E-state index contributed by atoms with van der Waals surface area (Å²) in [6.45, 7) is 9.00. The van der Waals surface area contributed by atoms with Crippen LogP contribution in [-0.2, 0) is 16.0 Å². The molecule has 162 valence electrons. The number of para-hydroxylation sites is 1. The van der Waals surface area contributed by atoms with Crippen LogP contribution in [0.5, 0.6) is 5.75 Å². The minimum Gasteiger partial charge on any atom is -0.491 e. The van der Waals surface area contributed by atoms with Crippen molar-refractivity contribution in [3.63, 3.8) is 0 Å². The zero-order valence-corrected chi connectivity index (χ0v) is 19.2. The second-order valence-electron chi connectivity index (χ2n) is 8.15. The molecule has 3 rings (SSSR count). The number of carbonyl (C=O) groups is 2. The number of amides is 2. The molecule has 0 fully saturated rings. The van der Waals surface area contributed by atoms with Gasteiger partial charge in [0, 0.05) is 23.4 Å². The van der Waals surface area contributed by atoms with E-state index in [1.54, 1.807) is 16.2 Å². The summed E-state index contributed by atoms with van der Waals surface area (Å²) in [7, 11) is 0. The van der Waals surface area contributed by atoms with Crippen LogP contribution in [0.4, 0.5) is 0 Å². The first kappa shape index (κ1) is 22.3. The topological polar surface area (TPSA) is 49.9 Å². The lowest BCUT2D eigenvalue weighted by Gasteiger charge is -2.38. The molecule has 6 heteroatoms. The van der Waals surface area contributed by atoms with E-state index < -0.39 is 0 Å². The van der Waals surface area contributed by atoms with Gasteiger partial charge in [-0.25, -0.2) is 0 Å².